The van der Waals surface area contributed by atoms with Crippen LogP contribution in [0.15, 0.2) is 0 Å². The number of rotatable bonds is 3. The maximum Gasteiger partial charge on any atom is 0.313 e. The monoisotopic (exact) mass is 360 g/mol. The van der Waals surface area contributed by atoms with Gasteiger partial charge in [0.25, 0.3) is 0 Å². The lowest BCUT2D eigenvalue weighted by atomic mass is 9.94. The molecule has 1 aliphatic heterocycles. The number of aryl methyl sites for hydroxylation is 1. The van der Waals surface area contributed by atoms with Gasteiger partial charge < -0.3 is 9.47 Å². The molecular weight excluding hydrogens is 340 g/mol. The Morgan fingerprint density at radius 1 is 1.40 bits per heavy atom. The zero-order valence-corrected chi connectivity index (χ0v) is 15.6. The summed E-state index contributed by atoms with van der Waals surface area (Å²) in [6, 6.07) is 0. The summed E-state index contributed by atoms with van der Waals surface area (Å²) in [5, 5.41) is 5.50. The average Bonchev–Trinajstić information content (AvgIpc) is 3.07. The molecule has 1 aliphatic rings. The van der Waals surface area contributed by atoms with Crippen molar-refractivity contribution in [2.75, 3.05) is 6.61 Å². The summed E-state index contributed by atoms with van der Waals surface area (Å²) in [6.45, 7) is 8.81. The van der Waals surface area contributed by atoms with E-state index in [1.54, 1.807) is 22.8 Å². The van der Waals surface area contributed by atoms with Crippen LogP contribution in [0.3, 0.4) is 0 Å². The molecule has 3 aromatic rings. The Kier molecular flexibility index (Phi) is 3.77. The van der Waals surface area contributed by atoms with Gasteiger partial charge >= 0.3 is 5.97 Å². The number of esters is 1. The Bertz CT molecular complexity index is 989. The van der Waals surface area contributed by atoms with Crippen molar-refractivity contribution in [3.63, 3.8) is 0 Å². The molecule has 0 radical (unpaired) electrons. The van der Waals surface area contributed by atoms with E-state index >= 15 is 0 Å². The number of ether oxygens (including phenoxy) is 2. The fraction of sp³-hybridized carbons (Fsp3) is 0.529. The van der Waals surface area contributed by atoms with E-state index in [0.29, 0.717) is 19.0 Å². The number of thiophene rings is 1. The third-order valence-corrected chi connectivity index (χ3v) is 5.42. The number of hydrogen-bond acceptors (Lipinski definition) is 7. The van der Waals surface area contributed by atoms with Crippen molar-refractivity contribution in [1.82, 2.24) is 19.6 Å². The molecule has 0 atom stereocenters. The lowest BCUT2D eigenvalue weighted by Gasteiger charge is -2.30. The highest BCUT2D eigenvalue weighted by Crippen LogP contribution is 2.39. The van der Waals surface area contributed by atoms with Crippen molar-refractivity contribution in [3.8, 4) is 0 Å². The first-order valence-corrected chi connectivity index (χ1v) is 9.15. The van der Waals surface area contributed by atoms with Crippen LogP contribution < -0.4 is 0 Å². The molecule has 3 aromatic heterocycles. The van der Waals surface area contributed by atoms with Gasteiger partial charge in [-0.1, -0.05) is 0 Å². The molecular formula is C17H20N4O3S. The number of fused-ring (bicyclic) bond motifs is 5. The Hall–Kier alpha value is -2.06. The van der Waals surface area contributed by atoms with E-state index in [4.69, 9.17) is 14.5 Å². The molecule has 0 bridgehead atoms. The molecule has 25 heavy (non-hydrogen) atoms. The summed E-state index contributed by atoms with van der Waals surface area (Å²) in [5.41, 5.74) is 1.79. The topological polar surface area (TPSA) is 78.6 Å². The van der Waals surface area contributed by atoms with E-state index in [0.717, 1.165) is 28.1 Å². The fourth-order valence-corrected chi connectivity index (χ4v) is 4.34. The first-order valence-electron chi connectivity index (χ1n) is 8.34. The predicted octanol–water partition coefficient (Wildman–Crippen LogP) is 2.60. The summed E-state index contributed by atoms with van der Waals surface area (Å²) in [6.07, 6.45) is 0.875. The summed E-state index contributed by atoms with van der Waals surface area (Å²) in [4.78, 5) is 23.2. The van der Waals surface area contributed by atoms with Gasteiger partial charge in [0.2, 0.25) is 0 Å². The SMILES string of the molecule is CCOC(=O)Cc1nc2c3c4c(sc3nc(C)n2n1)COC(C)(C)C4. The summed E-state index contributed by atoms with van der Waals surface area (Å²) in [7, 11) is 0. The average molecular weight is 360 g/mol. The molecule has 7 nitrogen and oxygen atoms in total. The van der Waals surface area contributed by atoms with E-state index in [2.05, 4.69) is 23.9 Å². The fourth-order valence-electron chi connectivity index (χ4n) is 3.20. The van der Waals surface area contributed by atoms with E-state index < -0.39 is 0 Å². The second-order valence-corrected chi connectivity index (χ2v) is 7.90. The van der Waals surface area contributed by atoms with Crippen LogP contribution in [0.5, 0.6) is 0 Å². The van der Waals surface area contributed by atoms with Crippen molar-refractivity contribution in [2.24, 2.45) is 0 Å². The van der Waals surface area contributed by atoms with Crippen LogP contribution in [-0.4, -0.2) is 37.8 Å². The third-order valence-electron chi connectivity index (χ3n) is 4.32. The van der Waals surface area contributed by atoms with Crippen molar-refractivity contribution < 1.29 is 14.3 Å². The maximum atomic E-state index is 11.8. The van der Waals surface area contributed by atoms with Crippen LogP contribution in [0.4, 0.5) is 0 Å². The molecule has 0 amide bonds. The zero-order valence-electron chi connectivity index (χ0n) is 14.8. The maximum absolute atomic E-state index is 11.8. The molecule has 132 valence electrons. The van der Waals surface area contributed by atoms with Gasteiger partial charge in [-0.3, -0.25) is 4.79 Å². The molecule has 4 heterocycles. The highest BCUT2D eigenvalue weighted by atomic mass is 32.1. The van der Waals surface area contributed by atoms with Gasteiger partial charge in [-0.2, -0.15) is 4.52 Å². The second kappa shape index (κ2) is 5.74. The third kappa shape index (κ3) is 2.79. The van der Waals surface area contributed by atoms with E-state index in [1.165, 1.54) is 10.4 Å². The van der Waals surface area contributed by atoms with Crippen molar-refractivity contribution in [2.45, 2.75) is 52.7 Å². The minimum atomic E-state index is -0.317. The van der Waals surface area contributed by atoms with Crippen LogP contribution >= 0.6 is 11.3 Å². The summed E-state index contributed by atoms with van der Waals surface area (Å²) >= 11 is 1.65. The van der Waals surface area contributed by atoms with Gasteiger partial charge in [0.05, 0.1) is 24.2 Å². The lowest BCUT2D eigenvalue weighted by Crippen LogP contribution is -2.31. The first-order chi connectivity index (χ1) is 11.9. The highest BCUT2D eigenvalue weighted by molar-refractivity contribution is 7.19. The van der Waals surface area contributed by atoms with Gasteiger partial charge in [0.15, 0.2) is 11.5 Å². The van der Waals surface area contributed by atoms with E-state index in [-0.39, 0.29) is 18.0 Å². The van der Waals surface area contributed by atoms with Crippen LogP contribution in [0.1, 0.15) is 42.9 Å². The van der Waals surface area contributed by atoms with Crippen LogP contribution in [0, 0.1) is 6.92 Å². The Morgan fingerprint density at radius 3 is 2.96 bits per heavy atom. The van der Waals surface area contributed by atoms with E-state index in [9.17, 15) is 4.79 Å². The lowest BCUT2D eigenvalue weighted by molar-refractivity contribution is -0.142. The quantitative estimate of drug-likeness (QED) is 0.668. The Labute approximate surface area is 149 Å². The molecule has 0 aromatic carbocycles. The minimum absolute atomic E-state index is 0.0669. The molecule has 0 saturated heterocycles. The summed E-state index contributed by atoms with van der Waals surface area (Å²) < 4.78 is 12.7. The van der Waals surface area contributed by atoms with Gasteiger partial charge in [-0.25, -0.2) is 9.97 Å². The summed E-state index contributed by atoms with van der Waals surface area (Å²) in [5.74, 6) is 0.896. The standard InChI is InChI=1S/C17H20N4O3S/c1-5-23-13(22)6-12-19-15-14-10-7-17(3,4)24-8-11(10)25-16(14)18-9(2)21(15)20-12/h5-8H2,1-4H3. The second-order valence-electron chi connectivity index (χ2n) is 6.81. The smallest absolute Gasteiger partial charge is 0.313 e. The van der Waals surface area contributed by atoms with Crippen LogP contribution in [0.2, 0.25) is 0 Å². The largest absolute Gasteiger partial charge is 0.466 e. The first kappa shape index (κ1) is 16.4. The number of nitrogens with zero attached hydrogens (tertiary/aromatic N) is 4. The minimum Gasteiger partial charge on any atom is -0.466 e. The molecule has 0 saturated carbocycles. The van der Waals surface area contributed by atoms with Gasteiger partial charge in [0, 0.05) is 11.3 Å². The highest BCUT2D eigenvalue weighted by Gasteiger charge is 2.31. The molecule has 4 rings (SSSR count). The number of aromatic nitrogens is 4. The van der Waals surface area contributed by atoms with Gasteiger partial charge in [0.1, 0.15) is 17.1 Å². The van der Waals surface area contributed by atoms with Crippen LogP contribution in [0.25, 0.3) is 15.9 Å². The number of hydrogen-bond donors (Lipinski definition) is 0. The van der Waals surface area contributed by atoms with Gasteiger partial charge in [-0.05, 0) is 33.3 Å². The molecule has 0 unspecified atom stereocenters. The van der Waals surface area contributed by atoms with Crippen LogP contribution in [-0.2, 0) is 33.7 Å². The van der Waals surface area contributed by atoms with Crippen molar-refractivity contribution >= 4 is 33.2 Å². The van der Waals surface area contributed by atoms with E-state index in [1.807, 2.05) is 6.92 Å². The predicted molar refractivity (Wildman–Crippen MR) is 93.8 cm³/mol. The normalized spacial score (nSPS) is 16.3. The van der Waals surface area contributed by atoms with Gasteiger partial charge in [-0.15, -0.1) is 16.4 Å². The molecule has 8 heteroatoms. The molecule has 0 fully saturated rings. The number of carbonyl (C=O) groups excluding carboxylic acids is 1. The zero-order chi connectivity index (χ0) is 17.8. The molecule has 0 spiro atoms. The van der Waals surface area contributed by atoms with Crippen molar-refractivity contribution in [3.05, 3.63) is 22.1 Å². The van der Waals surface area contributed by atoms with Crippen molar-refractivity contribution in [1.29, 1.82) is 0 Å². The molecule has 0 N–H and O–H groups in total. The number of carbonyl (C=O) groups is 1. The molecule has 0 aliphatic carbocycles. The Balaban J connectivity index is 1.88. The Morgan fingerprint density at radius 2 is 2.20 bits per heavy atom.